The molecular weight excluding hydrogens is 436 g/mol. The van der Waals surface area contributed by atoms with Crippen molar-refractivity contribution >= 4 is 27.3 Å². The summed E-state index contributed by atoms with van der Waals surface area (Å²) in [5.74, 6) is 0.319. The van der Waals surface area contributed by atoms with Gasteiger partial charge in [0.2, 0.25) is 5.91 Å². The highest BCUT2D eigenvalue weighted by molar-refractivity contribution is 7.92. The largest absolute Gasteiger partial charge is 0.492 e. The van der Waals surface area contributed by atoms with E-state index in [-0.39, 0.29) is 4.90 Å². The van der Waals surface area contributed by atoms with Gasteiger partial charge in [-0.1, -0.05) is 55.8 Å². The molecule has 0 fully saturated rings. The summed E-state index contributed by atoms with van der Waals surface area (Å²) >= 11 is 0. The van der Waals surface area contributed by atoms with E-state index in [4.69, 9.17) is 4.74 Å². The minimum Gasteiger partial charge on any atom is -0.492 e. The molecule has 0 aliphatic heterocycles. The van der Waals surface area contributed by atoms with Crippen molar-refractivity contribution in [1.82, 2.24) is 0 Å². The molecule has 0 unspecified atom stereocenters. The van der Waals surface area contributed by atoms with Gasteiger partial charge in [-0.05, 0) is 61.7 Å². The van der Waals surface area contributed by atoms with Gasteiger partial charge >= 0.3 is 0 Å². The topological polar surface area (TPSA) is 75.7 Å². The SMILES string of the molecule is CCOc1ccccc1N(CC(=O)Nc1ccc(C(C)C)cc1)S(=O)(=O)c1ccc(C)cc1. The number of rotatable bonds is 9. The summed E-state index contributed by atoms with van der Waals surface area (Å²) in [6.07, 6.45) is 0. The second kappa shape index (κ2) is 10.5. The maximum absolute atomic E-state index is 13.6. The van der Waals surface area contributed by atoms with Crippen LogP contribution in [0.2, 0.25) is 0 Å². The Hall–Kier alpha value is -3.32. The molecule has 1 N–H and O–H groups in total. The fourth-order valence-electron chi connectivity index (χ4n) is 3.36. The number of sulfonamides is 1. The van der Waals surface area contributed by atoms with Crippen LogP contribution >= 0.6 is 0 Å². The van der Waals surface area contributed by atoms with Gasteiger partial charge in [0.15, 0.2) is 0 Å². The third kappa shape index (κ3) is 5.93. The van der Waals surface area contributed by atoms with Crippen LogP contribution in [-0.2, 0) is 14.8 Å². The number of anilines is 2. The number of nitrogens with zero attached hydrogens (tertiary/aromatic N) is 1. The fourth-order valence-corrected chi connectivity index (χ4v) is 4.79. The minimum absolute atomic E-state index is 0.105. The highest BCUT2D eigenvalue weighted by Gasteiger charge is 2.29. The van der Waals surface area contributed by atoms with E-state index in [0.29, 0.717) is 29.6 Å². The predicted molar refractivity (Wildman–Crippen MR) is 132 cm³/mol. The molecule has 3 aromatic carbocycles. The van der Waals surface area contributed by atoms with Crippen LogP contribution in [0.25, 0.3) is 0 Å². The van der Waals surface area contributed by atoms with E-state index in [1.807, 2.05) is 38.1 Å². The summed E-state index contributed by atoms with van der Waals surface area (Å²) in [5, 5.41) is 2.81. The van der Waals surface area contributed by atoms with E-state index in [9.17, 15) is 13.2 Å². The van der Waals surface area contributed by atoms with Crippen molar-refractivity contribution in [3.05, 3.63) is 83.9 Å². The number of para-hydroxylation sites is 2. The Morgan fingerprint density at radius 3 is 2.21 bits per heavy atom. The van der Waals surface area contributed by atoms with E-state index in [2.05, 4.69) is 19.2 Å². The van der Waals surface area contributed by atoms with Crippen LogP contribution in [0.15, 0.2) is 77.7 Å². The zero-order valence-electron chi connectivity index (χ0n) is 19.4. The normalized spacial score (nSPS) is 11.3. The lowest BCUT2D eigenvalue weighted by Gasteiger charge is -2.26. The summed E-state index contributed by atoms with van der Waals surface area (Å²) in [6.45, 7) is 7.87. The molecular formula is C26H30N2O4S. The number of nitrogens with one attached hydrogen (secondary N) is 1. The highest BCUT2D eigenvalue weighted by atomic mass is 32.2. The summed E-state index contributed by atoms with van der Waals surface area (Å²) in [5.41, 5.74) is 3.01. The molecule has 0 saturated heterocycles. The van der Waals surface area contributed by atoms with Crippen molar-refractivity contribution in [1.29, 1.82) is 0 Å². The third-order valence-corrected chi connectivity index (χ3v) is 6.97. The molecule has 0 heterocycles. The quantitative estimate of drug-likeness (QED) is 0.461. The number of amides is 1. The van der Waals surface area contributed by atoms with Crippen LogP contribution in [0.1, 0.15) is 37.8 Å². The predicted octanol–water partition coefficient (Wildman–Crippen LogP) is 5.35. The number of carbonyl (C=O) groups excluding carboxylic acids is 1. The molecule has 3 aromatic rings. The van der Waals surface area contributed by atoms with Crippen molar-refractivity contribution < 1.29 is 17.9 Å². The zero-order chi connectivity index (χ0) is 24.0. The molecule has 0 spiro atoms. The summed E-state index contributed by atoms with van der Waals surface area (Å²) in [7, 11) is -4.02. The van der Waals surface area contributed by atoms with Gasteiger partial charge in [-0.25, -0.2) is 8.42 Å². The molecule has 174 valence electrons. The number of benzene rings is 3. The van der Waals surface area contributed by atoms with Gasteiger partial charge in [-0.3, -0.25) is 9.10 Å². The number of hydrogen-bond acceptors (Lipinski definition) is 4. The van der Waals surface area contributed by atoms with E-state index in [0.717, 1.165) is 15.4 Å². The summed E-state index contributed by atoms with van der Waals surface area (Å²) in [4.78, 5) is 13.1. The Labute approximate surface area is 196 Å². The zero-order valence-corrected chi connectivity index (χ0v) is 20.2. The van der Waals surface area contributed by atoms with E-state index in [1.165, 1.54) is 0 Å². The Bertz CT molecular complexity index is 1190. The standard InChI is InChI=1S/C26H30N2O4S/c1-5-32-25-9-7-6-8-24(25)28(33(30,31)23-16-10-20(4)11-17-23)18-26(29)27-22-14-12-21(13-15-22)19(2)3/h6-17,19H,5,18H2,1-4H3,(H,27,29). The lowest BCUT2D eigenvalue weighted by atomic mass is 10.0. The monoisotopic (exact) mass is 466 g/mol. The first-order chi connectivity index (χ1) is 15.7. The van der Waals surface area contributed by atoms with Gasteiger partial charge in [0.1, 0.15) is 12.3 Å². The molecule has 0 aliphatic carbocycles. The number of hydrogen-bond donors (Lipinski definition) is 1. The molecule has 6 nitrogen and oxygen atoms in total. The van der Waals surface area contributed by atoms with Gasteiger partial charge in [-0.15, -0.1) is 0 Å². The van der Waals surface area contributed by atoms with Crippen LogP contribution in [0.5, 0.6) is 5.75 Å². The van der Waals surface area contributed by atoms with Crippen molar-refractivity contribution in [2.75, 3.05) is 22.8 Å². The molecule has 33 heavy (non-hydrogen) atoms. The molecule has 0 aromatic heterocycles. The van der Waals surface area contributed by atoms with Crippen LogP contribution in [0, 0.1) is 6.92 Å². The van der Waals surface area contributed by atoms with E-state index >= 15 is 0 Å². The van der Waals surface area contributed by atoms with Crippen LogP contribution in [0.3, 0.4) is 0 Å². The van der Waals surface area contributed by atoms with Gasteiger partial charge < -0.3 is 10.1 Å². The second-order valence-corrected chi connectivity index (χ2v) is 9.91. The molecule has 0 atom stereocenters. The van der Waals surface area contributed by atoms with Crippen LogP contribution in [0.4, 0.5) is 11.4 Å². The molecule has 0 saturated carbocycles. The van der Waals surface area contributed by atoms with Crippen molar-refractivity contribution in [2.24, 2.45) is 0 Å². The number of ether oxygens (including phenoxy) is 1. The number of carbonyl (C=O) groups is 1. The summed E-state index contributed by atoms with van der Waals surface area (Å²) in [6, 6.07) is 20.9. The number of aryl methyl sites for hydroxylation is 1. The van der Waals surface area contributed by atoms with Crippen LogP contribution in [-0.4, -0.2) is 27.5 Å². The molecule has 0 aliphatic rings. The maximum Gasteiger partial charge on any atom is 0.264 e. The van der Waals surface area contributed by atoms with Gasteiger partial charge in [-0.2, -0.15) is 0 Å². The fraction of sp³-hybridized carbons (Fsp3) is 0.269. The smallest absolute Gasteiger partial charge is 0.264 e. The third-order valence-electron chi connectivity index (χ3n) is 5.19. The average molecular weight is 467 g/mol. The van der Waals surface area contributed by atoms with Crippen LogP contribution < -0.4 is 14.4 Å². The molecule has 0 bridgehead atoms. The van der Waals surface area contributed by atoms with Crippen molar-refractivity contribution in [2.45, 2.75) is 38.5 Å². The first kappa shape index (κ1) is 24.3. The van der Waals surface area contributed by atoms with Gasteiger partial charge in [0, 0.05) is 5.69 Å². The maximum atomic E-state index is 13.6. The Morgan fingerprint density at radius 1 is 0.970 bits per heavy atom. The molecule has 7 heteroatoms. The minimum atomic E-state index is -4.02. The Morgan fingerprint density at radius 2 is 1.61 bits per heavy atom. The Balaban J connectivity index is 1.95. The van der Waals surface area contributed by atoms with Crippen molar-refractivity contribution in [3.63, 3.8) is 0 Å². The highest BCUT2D eigenvalue weighted by Crippen LogP contribution is 2.32. The molecule has 1 amide bonds. The molecule has 3 rings (SSSR count). The van der Waals surface area contributed by atoms with Crippen molar-refractivity contribution in [3.8, 4) is 5.75 Å². The van der Waals surface area contributed by atoms with E-state index < -0.39 is 22.5 Å². The average Bonchev–Trinajstić information content (AvgIpc) is 2.79. The molecule has 0 radical (unpaired) electrons. The van der Waals surface area contributed by atoms with Gasteiger partial charge in [0.05, 0.1) is 17.2 Å². The first-order valence-corrected chi connectivity index (χ1v) is 12.4. The second-order valence-electron chi connectivity index (χ2n) is 8.05. The van der Waals surface area contributed by atoms with E-state index in [1.54, 1.807) is 48.5 Å². The lowest BCUT2D eigenvalue weighted by Crippen LogP contribution is -2.38. The summed E-state index contributed by atoms with van der Waals surface area (Å²) < 4.78 is 34.0. The van der Waals surface area contributed by atoms with Gasteiger partial charge in [0.25, 0.3) is 10.0 Å². The first-order valence-electron chi connectivity index (χ1n) is 10.9. The lowest BCUT2D eigenvalue weighted by molar-refractivity contribution is -0.114. The Kier molecular flexibility index (Phi) is 7.76.